The number of carboxylic acid groups (broad SMARTS) is 1. The number of hydrogen-bond acceptors (Lipinski definition) is 7. The Morgan fingerprint density at radius 2 is 1.87 bits per heavy atom. The number of nitrogens with zero attached hydrogens (tertiary/aromatic N) is 3. The van der Waals surface area contributed by atoms with Crippen LogP contribution >= 0.6 is 11.3 Å². The van der Waals surface area contributed by atoms with Crippen LogP contribution in [0.2, 0.25) is 0 Å². The molecule has 0 bridgehead atoms. The number of carboxylic acids is 1. The predicted octanol–water partition coefficient (Wildman–Crippen LogP) is 3.19. The number of aromatic nitrogens is 1. The molecule has 4 rings (SSSR count). The van der Waals surface area contributed by atoms with Gasteiger partial charge in [-0.3, -0.25) is 19.4 Å². The maximum absolute atomic E-state index is 13.2. The molecule has 0 saturated carbocycles. The van der Waals surface area contributed by atoms with Crippen LogP contribution in [-0.2, 0) is 4.79 Å². The Bertz CT molecular complexity index is 1310. The van der Waals surface area contributed by atoms with Crippen LogP contribution in [0.3, 0.4) is 0 Å². The number of aliphatic carboxylic acids is 1. The molecule has 3 aromatic rings. The summed E-state index contributed by atoms with van der Waals surface area (Å²) >= 11 is 1.41. The van der Waals surface area contributed by atoms with Gasteiger partial charge in [-0.15, -0.1) is 11.3 Å². The maximum Gasteiger partial charge on any atom is 0.319 e. The molecule has 1 saturated heterocycles. The summed E-state index contributed by atoms with van der Waals surface area (Å²) < 4.78 is 0. The highest BCUT2D eigenvalue weighted by atomic mass is 32.1. The second-order valence-corrected chi connectivity index (χ2v) is 9.83. The average molecular weight is 551 g/mol. The third kappa shape index (κ3) is 7.11. The lowest BCUT2D eigenvalue weighted by atomic mass is 10.0. The third-order valence-electron chi connectivity index (χ3n) is 6.25. The monoisotopic (exact) mass is 550 g/mol. The summed E-state index contributed by atoms with van der Waals surface area (Å²) in [6.45, 7) is 4.36. The van der Waals surface area contributed by atoms with Crippen LogP contribution in [0.25, 0.3) is 0 Å². The first-order valence-electron chi connectivity index (χ1n) is 12.5. The highest BCUT2D eigenvalue weighted by Gasteiger charge is 2.26. The van der Waals surface area contributed by atoms with Gasteiger partial charge in [-0.25, -0.2) is 4.79 Å². The van der Waals surface area contributed by atoms with Crippen LogP contribution in [0.15, 0.2) is 60.2 Å². The Morgan fingerprint density at radius 3 is 2.51 bits per heavy atom. The minimum absolute atomic E-state index is 0.00173. The average Bonchev–Trinajstić information content (AvgIpc) is 3.48. The topological polar surface area (TPSA) is 144 Å². The standard InChI is InChI=1S/C27H30N6O5S/c1-2-29-27(38)31-21-15-18(25(36)30-20(16-24(34)35)19-5-3-9-28-17-19)7-8-22(21)32-10-12-33(13-11-32)26(37)23-6-4-14-39-23/h3-9,14-15,17,20H,2,10-13,16H2,1H3,(H,30,36)(H,34,35)(H2,29,31,38). The van der Waals surface area contributed by atoms with Crippen molar-refractivity contribution >= 4 is 46.5 Å². The molecule has 4 amide bonds. The van der Waals surface area contributed by atoms with Gasteiger partial charge in [-0.2, -0.15) is 0 Å². The van der Waals surface area contributed by atoms with Gasteiger partial charge in [0, 0.05) is 50.7 Å². The number of urea groups is 1. The van der Waals surface area contributed by atoms with Gasteiger partial charge < -0.3 is 30.9 Å². The van der Waals surface area contributed by atoms with Gasteiger partial charge in [0.1, 0.15) is 0 Å². The third-order valence-corrected chi connectivity index (χ3v) is 7.11. The van der Waals surface area contributed by atoms with Crippen LogP contribution in [-0.4, -0.2) is 71.5 Å². The summed E-state index contributed by atoms with van der Waals surface area (Å²) in [5.74, 6) is -1.54. The zero-order chi connectivity index (χ0) is 27.8. The number of anilines is 2. The maximum atomic E-state index is 13.2. The summed E-state index contributed by atoms with van der Waals surface area (Å²) in [4.78, 5) is 58.4. The normalized spacial score (nSPS) is 13.9. The van der Waals surface area contributed by atoms with Crippen LogP contribution in [0.1, 0.15) is 45.0 Å². The molecular weight excluding hydrogens is 520 g/mol. The van der Waals surface area contributed by atoms with Gasteiger partial charge in [0.25, 0.3) is 11.8 Å². The Kier molecular flexibility index (Phi) is 9.10. The second kappa shape index (κ2) is 12.9. The molecule has 204 valence electrons. The van der Waals surface area contributed by atoms with Crippen LogP contribution in [0.5, 0.6) is 0 Å². The van der Waals surface area contributed by atoms with Gasteiger partial charge in [0.2, 0.25) is 0 Å². The molecule has 12 heteroatoms. The van der Waals surface area contributed by atoms with Crippen molar-refractivity contribution in [3.63, 3.8) is 0 Å². The Labute approximate surface area is 229 Å². The van der Waals surface area contributed by atoms with E-state index in [4.69, 9.17) is 0 Å². The first kappa shape index (κ1) is 27.6. The van der Waals surface area contributed by atoms with Crippen molar-refractivity contribution in [1.29, 1.82) is 0 Å². The molecule has 1 unspecified atom stereocenters. The van der Waals surface area contributed by atoms with Crippen molar-refractivity contribution in [3.8, 4) is 0 Å². The number of piperazine rings is 1. The number of rotatable bonds is 9. The highest BCUT2D eigenvalue weighted by molar-refractivity contribution is 7.12. The van der Waals surface area contributed by atoms with Gasteiger partial charge in [0.05, 0.1) is 28.7 Å². The SMILES string of the molecule is CCNC(=O)Nc1cc(C(=O)NC(CC(=O)O)c2cccnc2)ccc1N1CCN(C(=O)c2cccs2)CC1. The van der Waals surface area contributed by atoms with Gasteiger partial charge in [-0.05, 0) is 48.2 Å². The lowest BCUT2D eigenvalue weighted by Gasteiger charge is -2.37. The van der Waals surface area contributed by atoms with Crippen molar-refractivity contribution in [3.05, 3.63) is 76.2 Å². The number of hydrogen-bond donors (Lipinski definition) is 4. The molecule has 1 aromatic carbocycles. The number of carbonyl (C=O) groups is 4. The van der Waals surface area contributed by atoms with Crippen molar-refractivity contribution in [1.82, 2.24) is 20.5 Å². The molecule has 2 aromatic heterocycles. The zero-order valence-electron chi connectivity index (χ0n) is 21.4. The zero-order valence-corrected chi connectivity index (χ0v) is 22.2. The van der Waals surface area contributed by atoms with E-state index >= 15 is 0 Å². The van der Waals surface area contributed by atoms with Gasteiger partial charge in [0.15, 0.2) is 0 Å². The quantitative estimate of drug-likeness (QED) is 0.320. The molecule has 11 nitrogen and oxygen atoms in total. The van der Waals surface area contributed by atoms with E-state index < -0.39 is 23.9 Å². The van der Waals surface area contributed by atoms with Crippen LogP contribution in [0.4, 0.5) is 16.2 Å². The summed E-state index contributed by atoms with van der Waals surface area (Å²) in [7, 11) is 0. The molecule has 1 fully saturated rings. The van der Waals surface area contributed by atoms with Gasteiger partial charge in [-0.1, -0.05) is 12.1 Å². The van der Waals surface area contributed by atoms with E-state index in [1.54, 1.807) is 43.5 Å². The fraction of sp³-hybridized carbons (Fsp3) is 0.296. The molecule has 4 N–H and O–H groups in total. The van der Waals surface area contributed by atoms with Crippen LogP contribution in [0, 0.1) is 0 Å². The number of carbonyl (C=O) groups excluding carboxylic acids is 3. The predicted molar refractivity (Wildman–Crippen MR) is 148 cm³/mol. The molecule has 1 aliphatic rings. The summed E-state index contributed by atoms with van der Waals surface area (Å²) in [5, 5.41) is 19.5. The number of pyridine rings is 1. The van der Waals surface area contributed by atoms with E-state index in [0.29, 0.717) is 48.9 Å². The Hall–Kier alpha value is -4.45. The van der Waals surface area contributed by atoms with E-state index in [1.807, 2.05) is 22.4 Å². The molecule has 3 heterocycles. The minimum atomic E-state index is -1.06. The molecule has 39 heavy (non-hydrogen) atoms. The smallest absolute Gasteiger partial charge is 0.319 e. The van der Waals surface area contributed by atoms with E-state index in [0.717, 1.165) is 5.69 Å². The molecule has 0 spiro atoms. The first-order valence-corrected chi connectivity index (χ1v) is 13.4. The molecule has 0 aliphatic carbocycles. The van der Waals surface area contributed by atoms with Crippen molar-refractivity contribution < 1.29 is 24.3 Å². The molecule has 1 aliphatic heterocycles. The Morgan fingerprint density at radius 1 is 1.08 bits per heavy atom. The van der Waals surface area contributed by atoms with Crippen molar-refractivity contribution in [2.45, 2.75) is 19.4 Å². The largest absolute Gasteiger partial charge is 0.481 e. The molecular formula is C27H30N6O5S. The lowest BCUT2D eigenvalue weighted by Crippen LogP contribution is -2.49. The summed E-state index contributed by atoms with van der Waals surface area (Å²) in [6, 6.07) is 10.8. The van der Waals surface area contributed by atoms with Gasteiger partial charge >= 0.3 is 12.0 Å². The number of thiophene rings is 1. The molecule has 1 atom stereocenters. The second-order valence-electron chi connectivity index (χ2n) is 8.88. The fourth-order valence-electron chi connectivity index (χ4n) is 4.34. The Balaban J connectivity index is 1.53. The lowest BCUT2D eigenvalue weighted by molar-refractivity contribution is -0.137. The van der Waals surface area contributed by atoms with Crippen molar-refractivity contribution in [2.24, 2.45) is 0 Å². The van der Waals surface area contributed by atoms with Crippen molar-refractivity contribution in [2.75, 3.05) is 42.9 Å². The molecule has 0 radical (unpaired) electrons. The summed E-state index contributed by atoms with van der Waals surface area (Å²) in [6.07, 6.45) is 2.77. The van der Waals surface area contributed by atoms with E-state index in [-0.39, 0.29) is 17.9 Å². The number of amides is 4. The minimum Gasteiger partial charge on any atom is -0.481 e. The number of nitrogens with one attached hydrogen (secondary N) is 3. The highest BCUT2D eigenvalue weighted by Crippen LogP contribution is 2.29. The van der Waals surface area contributed by atoms with E-state index in [2.05, 4.69) is 25.8 Å². The number of benzene rings is 1. The fourth-order valence-corrected chi connectivity index (χ4v) is 5.03. The van der Waals surface area contributed by atoms with Crippen LogP contribution < -0.4 is 20.9 Å². The summed E-state index contributed by atoms with van der Waals surface area (Å²) in [5.41, 5.74) is 1.98. The van der Waals surface area contributed by atoms with E-state index in [1.165, 1.54) is 17.5 Å². The first-order chi connectivity index (χ1) is 18.9. The van der Waals surface area contributed by atoms with E-state index in [9.17, 15) is 24.3 Å².